The van der Waals surface area contributed by atoms with E-state index in [0.717, 1.165) is 6.42 Å². The van der Waals surface area contributed by atoms with Gasteiger partial charge in [0, 0.05) is 6.54 Å². The van der Waals surface area contributed by atoms with E-state index in [-0.39, 0.29) is 0 Å². The largest absolute Gasteiger partial charge is 0.475 e. The van der Waals surface area contributed by atoms with E-state index in [0.29, 0.717) is 13.0 Å². The molecule has 1 fully saturated rings. The van der Waals surface area contributed by atoms with Crippen molar-refractivity contribution in [3.05, 3.63) is 0 Å². The Kier molecular flexibility index (Phi) is 3.88. The second-order valence-electron chi connectivity index (χ2n) is 3.44. The van der Waals surface area contributed by atoms with Crippen LogP contribution in [0.15, 0.2) is 0 Å². The predicted molar refractivity (Wildman–Crippen MR) is 50.0 cm³/mol. The molecule has 1 aliphatic rings. The number of likely N-dealkylation sites (tertiary alicyclic amines) is 1. The van der Waals surface area contributed by atoms with Crippen LogP contribution in [0.5, 0.6) is 0 Å². The zero-order valence-electron chi connectivity index (χ0n) is 7.83. The number of nitrogens with two attached hydrogens (primary N) is 1. The molecular formula is C7H15BN2O4. The van der Waals surface area contributed by atoms with Gasteiger partial charge in [0.05, 0.1) is 12.5 Å². The van der Waals surface area contributed by atoms with Crippen molar-refractivity contribution in [3.63, 3.8) is 0 Å². The number of aliphatic hydroxyl groups is 1. The van der Waals surface area contributed by atoms with Gasteiger partial charge in [-0.25, -0.2) is 0 Å². The summed E-state index contributed by atoms with van der Waals surface area (Å²) >= 11 is 0. The van der Waals surface area contributed by atoms with Crippen LogP contribution in [0.4, 0.5) is 0 Å². The molecule has 5 N–H and O–H groups in total. The standard InChI is InChI=1S/C7H15BN2O4/c9-5(4-11)7(12)10-3-1-2-6(10)8(13)14/h5-6,11,13-14H,1-4,9H2/t5-,6-/m0/s1. The lowest BCUT2D eigenvalue weighted by atomic mass is 9.78. The average Bonchev–Trinajstić information content (AvgIpc) is 2.63. The van der Waals surface area contributed by atoms with E-state index in [1.807, 2.05) is 0 Å². The first kappa shape index (κ1) is 11.4. The number of nitrogens with zero attached hydrogens (tertiary/aromatic N) is 1. The molecule has 80 valence electrons. The molecule has 1 saturated heterocycles. The van der Waals surface area contributed by atoms with E-state index in [1.165, 1.54) is 4.90 Å². The molecule has 2 atom stereocenters. The third-order valence-corrected chi connectivity index (χ3v) is 2.44. The molecule has 0 bridgehead atoms. The molecule has 14 heavy (non-hydrogen) atoms. The van der Waals surface area contributed by atoms with Crippen LogP contribution in [0, 0.1) is 0 Å². The van der Waals surface area contributed by atoms with Gasteiger partial charge in [0.15, 0.2) is 0 Å². The third kappa shape index (κ3) is 2.24. The normalized spacial score (nSPS) is 23.7. The van der Waals surface area contributed by atoms with Gasteiger partial charge < -0.3 is 25.8 Å². The van der Waals surface area contributed by atoms with Gasteiger partial charge in [-0.3, -0.25) is 4.79 Å². The molecule has 0 aromatic rings. The van der Waals surface area contributed by atoms with Crippen molar-refractivity contribution in [1.29, 1.82) is 0 Å². The number of amides is 1. The minimum atomic E-state index is -1.53. The van der Waals surface area contributed by atoms with Crippen LogP contribution in [0.2, 0.25) is 0 Å². The lowest BCUT2D eigenvalue weighted by molar-refractivity contribution is -0.133. The maximum atomic E-state index is 11.5. The zero-order valence-corrected chi connectivity index (χ0v) is 7.83. The molecule has 1 rings (SSSR count). The lowest BCUT2D eigenvalue weighted by Crippen LogP contribution is -2.52. The van der Waals surface area contributed by atoms with Gasteiger partial charge in [0.1, 0.15) is 6.04 Å². The van der Waals surface area contributed by atoms with Crippen LogP contribution >= 0.6 is 0 Å². The van der Waals surface area contributed by atoms with Crippen LogP contribution < -0.4 is 5.73 Å². The van der Waals surface area contributed by atoms with Crippen molar-refractivity contribution in [2.45, 2.75) is 24.8 Å². The second-order valence-corrected chi connectivity index (χ2v) is 3.44. The minimum Gasteiger partial charge on any atom is -0.426 e. The van der Waals surface area contributed by atoms with E-state index in [1.54, 1.807) is 0 Å². The van der Waals surface area contributed by atoms with Crippen LogP contribution in [-0.4, -0.2) is 58.2 Å². The molecule has 1 heterocycles. The fourth-order valence-corrected chi connectivity index (χ4v) is 1.67. The highest BCUT2D eigenvalue weighted by molar-refractivity contribution is 6.43. The van der Waals surface area contributed by atoms with E-state index in [4.69, 9.17) is 20.9 Å². The Hall–Kier alpha value is -0.625. The molecule has 0 spiro atoms. The molecule has 0 aromatic heterocycles. The topological polar surface area (TPSA) is 107 Å². The van der Waals surface area contributed by atoms with Crippen molar-refractivity contribution in [3.8, 4) is 0 Å². The maximum Gasteiger partial charge on any atom is 0.475 e. The minimum absolute atomic E-state index is 0.427. The molecule has 6 nitrogen and oxygen atoms in total. The number of carbonyl (C=O) groups excluding carboxylic acids is 1. The molecule has 0 radical (unpaired) electrons. The lowest BCUT2D eigenvalue weighted by Gasteiger charge is -2.26. The Morgan fingerprint density at radius 1 is 1.64 bits per heavy atom. The Morgan fingerprint density at radius 3 is 2.79 bits per heavy atom. The maximum absolute atomic E-state index is 11.5. The number of hydrogen-bond donors (Lipinski definition) is 4. The molecule has 0 aliphatic carbocycles. The van der Waals surface area contributed by atoms with Crippen molar-refractivity contribution in [2.24, 2.45) is 5.73 Å². The van der Waals surface area contributed by atoms with E-state index in [9.17, 15) is 4.79 Å². The number of rotatable bonds is 3. The predicted octanol–water partition coefficient (Wildman–Crippen LogP) is -2.69. The first-order chi connectivity index (χ1) is 6.57. The average molecular weight is 202 g/mol. The van der Waals surface area contributed by atoms with Crippen LogP contribution in [0.3, 0.4) is 0 Å². The summed E-state index contributed by atoms with van der Waals surface area (Å²) in [5.41, 5.74) is 5.35. The van der Waals surface area contributed by atoms with Crippen LogP contribution in [-0.2, 0) is 4.79 Å². The smallest absolute Gasteiger partial charge is 0.426 e. The molecule has 1 amide bonds. The van der Waals surface area contributed by atoms with Gasteiger partial charge in [-0.2, -0.15) is 0 Å². The second kappa shape index (κ2) is 4.74. The van der Waals surface area contributed by atoms with Gasteiger partial charge >= 0.3 is 7.12 Å². The van der Waals surface area contributed by atoms with Gasteiger partial charge in [0.2, 0.25) is 5.91 Å². The summed E-state index contributed by atoms with van der Waals surface area (Å²) in [4.78, 5) is 12.8. The van der Waals surface area contributed by atoms with E-state index >= 15 is 0 Å². The Morgan fingerprint density at radius 2 is 2.29 bits per heavy atom. The highest BCUT2D eigenvalue weighted by Crippen LogP contribution is 2.18. The third-order valence-electron chi connectivity index (χ3n) is 2.44. The van der Waals surface area contributed by atoms with Gasteiger partial charge in [-0.1, -0.05) is 0 Å². The molecule has 0 aromatic carbocycles. The highest BCUT2D eigenvalue weighted by Gasteiger charge is 2.38. The Labute approximate surface area is 82.5 Å². The fourth-order valence-electron chi connectivity index (χ4n) is 1.67. The molecule has 0 unspecified atom stereocenters. The highest BCUT2D eigenvalue weighted by atomic mass is 16.4. The first-order valence-corrected chi connectivity index (χ1v) is 4.61. The number of carbonyl (C=O) groups is 1. The van der Waals surface area contributed by atoms with Crippen molar-refractivity contribution in [2.75, 3.05) is 13.2 Å². The molecule has 0 saturated carbocycles. The first-order valence-electron chi connectivity index (χ1n) is 4.61. The molecule has 1 aliphatic heterocycles. The Bertz CT molecular complexity index is 214. The monoisotopic (exact) mass is 202 g/mol. The van der Waals surface area contributed by atoms with E-state index in [2.05, 4.69) is 0 Å². The summed E-state index contributed by atoms with van der Waals surface area (Å²) < 4.78 is 0. The van der Waals surface area contributed by atoms with Crippen molar-refractivity contribution < 1.29 is 19.9 Å². The number of hydrogen-bond acceptors (Lipinski definition) is 5. The van der Waals surface area contributed by atoms with Gasteiger partial charge in [-0.05, 0) is 12.8 Å². The summed E-state index contributed by atoms with van der Waals surface area (Å²) in [5, 5.41) is 26.7. The summed E-state index contributed by atoms with van der Waals surface area (Å²) in [7, 11) is -1.53. The van der Waals surface area contributed by atoms with Crippen molar-refractivity contribution >= 4 is 13.0 Å². The summed E-state index contributed by atoms with van der Waals surface area (Å²) in [6.45, 7) is 0.0401. The number of aliphatic hydroxyl groups excluding tert-OH is 1. The van der Waals surface area contributed by atoms with Crippen molar-refractivity contribution in [1.82, 2.24) is 4.90 Å². The van der Waals surface area contributed by atoms with Gasteiger partial charge in [-0.15, -0.1) is 0 Å². The van der Waals surface area contributed by atoms with Gasteiger partial charge in [0.25, 0.3) is 0 Å². The molecular weight excluding hydrogens is 187 g/mol. The van der Waals surface area contributed by atoms with E-state index < -0.39 is 31.6 Å². The summed E-state index contributed by atoms with van der Waals surface area (Å²) in [5.74, 6) is -1.01. The molecule has 7 heteroatoms. The Balaban J connectivity index is 2.62. The quantitative estimate of drug-likeness (QED) is 0.373. The van der Waals surface area contributed by atoms with Crippen LogP contribution in [0.1, 0.15) is 12.8 Å². The summed E-state index contributed by atoms with van der Waals surface area (Å²) in [6, 6.07) is -0.964. The van der Waals surface area contributed by atoms with Crippen LogP contribution in [0.25, 0.3) is 0 Å². The SMILES string of the molecule is N[C@@H](CO)C(=O)N1CCC[C@H]1B(O)O. The fraction of sp³-hybridized carbons (Fsp3) is 0.857. The zero-order chi connectivity index (χ0) is 10.7. The summed E-state index contributed by atoms with van der Waals surface area (Å²) in [6.07, 6.45) is 1.29.